The Balaban J connectivity index is 0.000001000. The summed E-state index contributed by atoms with van der Waals surface area (Å²) in [7, 11) is 0. The summed E-state index contributed by atoms with van der Waals surface area (Å²) in [4.78, 5) is 0. The minimum absolute atomic E-state index is 0. The SMILES string of the molecule is Cc1cc(N)c(N)cc1C.Cl. The highest BCUT2D eigenvalue weighted by Gasteiger charge is 1.96. The van der Waals surface area contributed by atoms with Crippen molar-refractivity contribution in [3.05, 3.63) is 23.3 Å². The van der Waals surface area contributed by atoms with Crippen LogP contribution in [0.15, 0.2) is 12.1 Å². The fourth-order valence-corrected chi connectivity index (χ4v) is 0.861. The van der Waals surface area contributed by atoms with Crippen molar-refractivity contribution in [3.8, 4) is 0 Å². The lowest BCUT2D eigenvalue weighted by atomic mass is 10.1. The summed E-state index contributed by atoms with van der Waals surface area (Å²) in [5.41, 5.74) is 14.8. The summed E-state index contributed by atoms with van der Waals surface area (Å²) in [5.74, 6) is 0. The number of nitrogen functional groups attached to an aromatic ring is 2. The smallest absolute Gasteiger partial charge is 0.0550 e. The molecule has 0 aliphatic carbocycles. The van der Waals surface area contributed by atoms with Crippen LogP contribution in [-0.4, -0.2) is 0 Å². The van der Waals surface area contributed by atoms with Crippen molar-refractivity contribution >= 4 is 23.8 Å². The van der Waals surface area contributed by atoms with E-state index >= 15 is 0 Å². The zero-order valence-corrected chi connectivity index (χ0v) is 7.53. The first kappa shape index (κ1) is 10.1. The van der Waals surface area contributed by atoms with Crippen LogP contribution in [0, 0.1) is 13.8 Å². The molecule has 1 aromatic rings. The van der Waals surface area contributed by atoms with Gasteiger partial charge in [-0.05, 0) is 37.1 Å². The molecule has 0 unspecified atom stereocenters. The standard InChI is InChI=1S/C8H12N2.ClH/c1-5-3-7(9)8(10)4-6(5)2;/h3-4H,9-10H2,1-2H3;1H. The van der Waals surface area contributed by atoms with Gasteiger partial charge in [-0.25, -0.2) is 0 Å². The number of hydrogen-bond donors (Lipinski definition) is 2. The van der Waals surface area contributed by atoms with Crippen LogP contribution in [0.25, 0.3) is 0 Å². The van der Waals surface area contributed by atoms with Gasteiger partial charge in [0, 0.05) is 0 Å². The van der Waals surface area contributed by atoms with Gasteiger partial charge in [-0.2, -0.15) is 0 Å². The van der Waals surface area contributed by atoms with E-state index in [1.165, 1.54) is 11.1 Å². The summed E-state index contributed by atoms with van der Waals surface area (Å²) >= 11 is 0. The molecule has 0 aliphatic rings. The first-order valence-electron chi connectivity index (χ1n) is 3.23. The summed E-state index contributed by atoms with van der Waals surface area (Å²) in [6.45, 7) is 4.04. The third kappa shape index (κ3) is 2.02. The van der Waals surface area contributed by atoms with Gasteiger partial charge >= 0.3 is 0 Å². The molecular formula is C8H13ClN2. The van der Waals surface area contributed by atoms with E-state index in [0.717, 1.165) is 0 Å². The lowest BCUT2D eigenvalue weighted by Crippen LogP contribution is -1.96. The van der Waals surface area contributed by atoms with E-state index in [2.05, 4.69) is 0 Å². The minimum Gasteiger partial charge on any atom is -0.397 e. The molecule has 0 radical (unpaired) electrons. The Kier molecular flexibility index (Phi) is 3.20. The van der Waals surface area contributed by atoms with Crippen LogP contribution < -0.4 is 11.5 Å². The summed E-state index contributed by atoms with van der Waals surface area (Å²) in [5, 5.41) is 0. The second kappa shape index (κ2) is 3.49. The van der Waals surface area contributed by atoms with Crippen LogP contribution in [0.3, 0.4) is 0 Å². The topological polar surface area (TPSA) is 52.0 Å². The molecule has 0 bridgehead atoms. The minimum atomic E-state index is 0. The highest BCUT2D eigenvalue weighted by Crippen LogP contribution is 2.18. The second-order valence-electron chi connectivity index (χ2n) is 2.57. The van der Waals surface area contributed by atoms with Crippen molar-refractivity contribution in [2.75, 3.05) is 11.5 Å². The van der Waals surface area contributed by atoms with Gasteiger partial charge in [-0.15, -0.1) is 12.4 Å². The van der Waals surface area contributed by atoms with Crippen LogP contribution in [0.1, 0.15) is 11.1 Å². The van der Waals surface area contributed by atoms with Gasteiger partial charge in [0.2, 0.25) is 0 Å². The molecule has 0 fully saturated rings. The number of halogens is 1. The summed E-state index contributed by atoms with van der Waals surface area (Å²) in [6, 6.07) is 3.79. The number of benzene rings is 1. The normalized spacial score (nSPS) is 8.91. The first-order valence-corrected chi connectivity index (χ1v) is 3.23. The number of rotatable bonds is 0. The van der Waals surface area contributed by atoms with Crippen molar-refractivity contribution < 1.29 is 0 Å². The number of hydrogen-bond acceptors (Lipinski definition) is 2. The Labute approximate surface area is 73.0 Å². The maximum absolute atomic E-state index is 5.56. The van der Waals surface area contributed by atoms with Crippen molar-refractivity contribution in [3.63, 3.8) is 0 Å². The molecule has 0 saturated carbocycles. The predicted molar refractivity (Wildman–Crippen MR) is 52.0 cm³/mol. The molecule has 0 saturated heterocycles. The molecule has 0 atom stereocenters. The van der Waals surface area contributed by atoms with E-state index in [4.69, 9.17) is 11.5 Å². The van der Waals surface area contributed by atoms with E-state index in [-0.39, 0.29) is 12.4 Å². The van der Waals surface area contributed by atoms with Crippen molar-refractivity contribution in [2.24, 2.45) is 0 Å². The molecule has 1 rings (SSSR count). The maximum Gasteiger partial charge on any atom is 0.0550 e. The third-order valence-electron chi connectivity index (χ3n) is 1.70. The Morgan fingerprint density at radius 2 is 1.18 bits per heavy atom. The van der Waals surface area contributed by atoms with Crippen molar-refractivity contribution in [2.45, 2.75) is 13.8 Å². The van der Waals surface area contributed by atoms with Gasteiger partial charge in [0.15, 0.2) is 0 Å². The van der Waals surface area contributed by atoms with Crippen molar-refractivity contribution in [1.82, 2.24) is 0 Å². The van der Waals surface area contributed by atoms with Gasteiger partial charge in [0.1, 0.15) is 0 Å². The zero-order chi connectivity index (χ0) is 7.72. The number of nitrogens with two attached hydrogens (primary N) is 2. The Hall–Kier alpha value is -0.890. The van der Waals surface area contributed by atoms with Crippen LogP contribution in [0.4, 0.5) is 11.4 Å². The van der Waals surface area contributed by atoms with Gasteiger partial charge in [0.25, 0.3) is 0 Å². The average Bonchev–Trinajstić information content (AvgIpc) is 1.84. The van der Waals surface area contributed by atoms with Gasteiger partial charge in [0.05, 0.1) is 11.4 Å². The number of aryl methyl sites for hydroxylation is 2. The average molecular weight is 173 g/mol. The van der Waals surface area contributed by atoms with Gasteiger partial charge < -0.3 is 11.5 Å². The predicted octanol–water partition coefficient (Wildman–Crippen LogP) is 1.89. The quantitative estimate of drug-likeness (QED) is 0.588. The molecule has 3 heteroatoms. The largest absolute Gasteiger partial charge is 0.397 e. The molecule has 4 N–H and O–H groups in total. The first-order chi connectivity index (χ1) is 4.61. The van der Waals surface area contributed by atoms with Crippen LogP contribution in [-0.2, 0) is 0 Å². The number of anilines is 2. The summed E-state index contributed by atoms with van der Waals surface area (Å²) in [6.07, 6.45) is 0. The molecule has 0 amide bonds. The molecule has 11 heavy (non-hydrogen) atoms. The van der Waals surface area contributed by atoms with E-state index in [1.807, 2.05) is 26.0 Å². The van der Waals surface area contributed by atoms with Gasteiger partial charge in [-0.3, -0.25) is 0 Å². The van der Waals surface area contributed by atoms with Crippen LogP contribution in [0.5, 0.6) is 0 Å². The highest BCUT2D eigenvalue weighted by molar-refractivity contribution is 5.85. The lowest BCUT2D eigenvalue weighted by molar-refractivity contribution is 1.35. The van der Waals surface area contributed by atoms with E-state index in [9.17, 15) is 0 Å². The molecule has 2 nitrogen and oxygen atoms in total. The Bertz CT molecular complexity index is 208. The fraction of sp³-hybridized carbons (Fsp3) is 0.250. The van der Waals surface area contributed by atoms with Crippen LogP contribution >= 0.6 is 12.4 Å². The molecule has 1 aromatic carbocycles. The van der Waals surface area contributed by atoms with Crippen LogP contribution in [0.2, 0.25) is 0 Å². The Morgan fingerprint density at radius 1 is 0.909 bits per heavy atom. The highest BCUT2D eigenvalue weighted by atomic mass is 35.5. The zero-order valence-electron chi connectivity index (χ0n) is 6.72. The van der Waals surface area contributed by atoms with E-state index < -0.39 is 0 Å². The molecule has 0 spiro atoms. The monoisotopic (exact) mass is 172 g/mol. The molecule has 62 valence electrons. The third-order valence-corrected chi connectivity index (χ3v) is 1.70. The fourth-order valence-electron chi connectivity index (χ4n) is 0.861. The second-order valence-corrected chi connectivity index (χ2v) is 2.57. The lowest BCUT2D eigenvalue weighted by Gasteiger charge is -2.03. The Morgan fingerprint density at radius 3 is 1.45 bits per heavy atom. The van der Waals surface area contributed by atoms with E-state index in [0.29, 0.717) is 11.4 Å². The van der Waals surface area contributed by atoms with Crippen molar-refractivity contribution in [1.29, 1.82) is 0 Å². The summed E-state index contributed by atoms with van der Waals surface area (Å²) < 4.78 is 0. The van der Waals surface area contributed by atoms with Gasteiger partial charge in [-0.1, -0.05) is 0 Å². The molecule has 0 aliphatic heterocycles. The molecule has 0 aromatic heterocycles. The molecular weight excluding hydrogens is 160 g/mol. The van der Waals surface area contributed by atoms with E-state index in [1.54, 1.807) is 0 Å². The molecule has 0 heterocycles. The maximum atomic E-state index is 5.56.